The molecule has 1 saturated carbocycles. The van der Waals surface area contributed by atoms with Gasteiger partial charge in [-0.15, -0.1) is 11.3 Å². The van der Waals surface area contributed by atoms with Gasteiger partial charge in [0.1, 0.15) is 5.01 Å². The predicted octanol–water partition coefficient (Wildman–Crippen LogP) is 6.18. The number of benzene rings is 2. The molecule has 0 bridgehead atoms. The number of aromatic nitrogens is 1. The van der Waals surface area contributed by atoms with Crippen LogP contribution in [0.4, 0.5) is 5.69 Å². The van der Waals surface area contributed by atoms with Gasteiger partial charge in [-0.1, -0.05) is 31.7 Å². The number of anilines is 1. The van der Waals surface area contributed by atoms with Crippen LogP contribution in [0.5, 0.6) is 0 Å². The van der Waals surface area contributed by atoms with Gasteiger partial charge in [0.2, 0.25) is 5.91 Å². The zero-order valence-corrected chi connectivity index (χ0v) is 15.9. The molecule has 0 unspecified atom stereocenters. The van der Waals surface area contributed by atoms with Crippen LogP contribution in [-0.2, 0) is 4.79 Å². The number of fused-ring (bicyclic) bond motifs is 1. The highest BCUT2D eigenvalue weighted by atomic mass is 32.1. The van der Waals surface area contributed by atoms with Crippen molar-refractivity contribution < 1.29 is 4.79 Å². The maximum Gasteiger partial charge on any atom is 0.224 e. The van der Waals surface area contributed by atoms with Crippen LogP contribution in [0.3, 0.4) is 0 Å². The molecule has 0 radical (unpaired) electrons. The summed E-state index contributed by atoms with van der Waals surface area (Å²) in [7, 11) is 0. The average molecular weight is 365 g/mol. The zero-order chi connectivity index (χ0) is 17.9. The molecule has 4 rings (SSSR count). The summed E-state index contributed by atoms with van der Waals surface area (Å²) in [4.78, 5) is 16.9. The van der Waals surface area contributed by atoms with Gasteiger partial charge in [0, 0.05) is 17.7 Å². The van der Waals surface area contributed by atoms with Crippen LogP contribution in [0.15, 0.2) is 42.5 Å². The topological polar surface area (TPSA) is 42.0 Å². The van der Waals surface area contributed by atoms with E-state index >= 15 is 0 Å². The maximum atomic E-state index is 12.2. The van der Waals surface area contributed by atoms with E-state index in [0.717, 1.165) is 34.1 Å². The minimum atomic E-state index is 0.125. The third-order valence-electron chi connectivity index (χ3n) is 5.21. The van der Waals surface area contributed by atoms with E-state index in [1.165, 1.54) is 35.9 Å². The van der Waals surface area contributed by atoms with Gasteiger partial charge < -0.3 is 5.32 Å². The lowest BCUT2D eigenvalue weighted by atomic mass is 10.0. The van der Waals surface area contributed by atoms with Crippen LogP contribution in [0.2, 0.25) is 0 Å². The van der Waals surface area contributed by atoms with Crippen LogP contribution in [-0.4, -0.2) is 10.9 Å². The van der Waals surface area contributed by atoms with Gasteiger partial charge >= 0.3 is 0 Å². The molecule has 1 amide bonds. The van der Waals surface area contributed by atoms with E-state index < -0.39 is 0 Å². The molecule has 2 aromatic carbocycles. The number of hydrogen-bond donors (Lipinski definition) is 1. The van der Waals surface area contributed by atoms with Crippen molar-refractivity contribution in [3.8, 4) is 10.6 Å². The van der Waals surface area contributed by atoms with Crippen LogP contribution >= 0.6 is 11.3 Å². The number of thiazole rings is 1. The maximum absolute atomic E-state index is 12.2. The smallest absolute Gasteiger partial charge is 0.224 e. The van der Waals surface area contributed by atoms with Gasteiger partial charge in [0.25, 0.3) is 0 Å². The average Bonchev–Trinajstić information content (AvgIpc) is 3.29. The Bertz CT molecular complexity index is 908. The van der Waals surface area contributed by atoms with Crippen molar-refractivity contribution in [1.29, 1.82) is 0 Å². The number of carbonyl (C=O) groups excluding carboxylic acids is 1. The summed E-state index contributed by atoms with van der Waals surface area (Å²) < 4.78 is 1.21. The molecule has 0 atom stereocenters. The predicted molar refractivity (Wildman–Crippen MR) is 110 cm³/mol. The Morgan fingerprint density at radius 2 is 1.92 bits per heavy atom. The van der Waals surface area contributed by atoms with Crippen LogP contribution < -0.4 is 5.32 Å². The molecule has 1 fully saturated rings. The highest BCUT2D eigenvalue weighted by Crippen LogP contribution is 2.31. The fourth-order valence-electron chi connectivity index (χ4n) is 3.71. The lowest BCUT2D eigenvalue weighted by Gasteiger charge is -2.09. The number of carbonyl (C=O) groups is 1. The van der Waals surface area contributed by atoms with Gasteiger partial charge in [-0.3, -0.25) is 4.79 Å². The van der Waals surface area contributed by atoms with Gasteiger partial charge in [-0.25, -0.2) is 4.98 Å². The monoisotopic (exact) mass is 364 g/mol. The molecule has 1 aliphatic rings. The Morgan fingerprint density at radius 1 is 1.15 bits per heavy atom. The quantitative estimate of drug-likeness (QED) is 0.587. The standard InChI is InChI=1S/C22H24N2OS/c1-15-6-12-19-20(14-15)26-22(24-19)17-8-10-18(11-9-17)23-21(25)13-7-16-4-2-3-5-16/h6,8-12,14,16H,2-5,7,13H2,1H3,(H,23,25). The minimum Gasteiger partial charge on any atom is -0.326 e. The summed E-state index contributed by atoms with van der Waals surface area (Å²) in [5, 5.41) is 4.04. The first kappa shape index (κ1) is 17.2. The van der Waals surface area contributed by atoms with E-state index in [0.29, 0.717) is 6.42 Å². The highest BCUT2D eigenvalue weighted by molar-refractivity contribution is 7.21. The molecular weight excluding hydrogens is 340 g/mol. The lowest BCUT2D eigenvalue weighted by molar-refractivity contribution is -0.116. The Morgan fingerprint density at radius 3 is 2.69 bits per heavy atom. The van der Waals surface area contributed by atoms with Crippen molar-refractivity contribution in [2.24, 2.45) is 5.92 Å². The molecule has 1 heterocycles. The normalized spacial score (nSPS) is 14.8. The zero-order valence-electron chi connectivity index (χ0n) is 15.1. The van der Waals surface area contributed by atoms with Crippen LogP contribution in [0.1, 0.15) is 44.1 Å². The summed E-state index contributed by atoms with van der Waals surface area (Å²) in [6, 6.07) is 14.4. The summed E-state index contributed by atoms with van der Waals surface area (Å²) in [5.74, 6) is 0.880. The Hall–Kier alpha value is -2.20. The van der Waals surface area contributed by atoms with Crippen molar-refractivity contribution in [2.75, 3.05) is 5.32 Å². The summed E-state index contributed by atoms with van der Waals surface area (Å²) in [6.45, 7) is 2.10. The molecule has 0 saturated heterocycles. The molecule has 3 aromatic rings. The van der Waals surface area contributed by atoms with Crippen LogP contribution in [0, 0.1) is 12.8 Å². The molecule has 4 heteroatoms. The van der Waals surface area contributed by atoms with E-state index in [2.05, 4.69) is 30.4 Å². The van der Waals surface area contributed by atoms with Crippen molar-refractivity contribution in [3.05, 3.63) is 48.0 Å². The van der Waals surface area contributed by atoms with Crippen LogP contribution in [0.25, 0.3) is 20.8 Å². The second kappa shape index (κ2) is 7.58. The third-order valence-corrected chi connectivity index (χ3v) is 6.28. The Labute approximate surface area is 158 Å². The summed E-state index contributed by atoms with van der Waals surface area (Å²) >= 11 is 1.71. The van der Waals surface area contributed by atoms with E-state index in [-0.39, 0.29) is 5.91 Å². The molecule has 3 nitrogen and oxygen atoms in total. The molecule has 26 heavy (non-hydrogen) atoms. The second-order valence-electron chi connectivity index (χ2n) is 7.30. The van der Waals surface area contributed by atoms with Crippen molar-refractivity contribution in [2.45, 2.75) is 45.4 Å². The van der Waals surface area contributed by atoms with Crippen molar-refractivity contribution >= 4 is 33.1 Å². The number of rotatable bonds is 5. The SMILES string of the molecule is Cc1ccc2nc(-c3ccc(NC(=O)CCC4CCCC4)cc3)sc2c1. The molecule has 1 aromatic heterocycles. The summed E-state index contributed by atoms with van der Waals surface area (Å²) in [6.07, 6.45) is 6.91. The van der Waals surface area contributed by atoms with Gasteiger partial charge in [0.05, 0.1) is 10.2 Å². The van der Waals surface area contributed by atoms with Crippen molar-refractivity contribution in [1.82, 2.24) is 4.98 Å². The number of aryl methyl sites for hydroxylation is 1. The van der Waals surface area contributed by atoms with Gasteiger partial charge in [-0.05, 0) is 61.2 Å². The number of amides is 1. The minimum absolute atomic E-state index is 0.125. The van der Waals surface area contributed by atoms with E-state index in [1.807, 2.05) is 24.3 Å². The molecule has 0 spiro atoms. The first-order valence-electron chi connectivity index (χ1n) is 9.45. The largest absolute Gasteiger partial charge is 0.326 e. The fourth-order valence-corrected chi connectivity index (χ4v) is 4.78. The number of nitrogens with one attached hydrogen (secondary N) is 1. The fraction of sp³-hybridized carbons (Fsp3) is 0.364. The summed E-state index contributed by atoms with van der Waals surface area (Å²) in [5.41, 5.74) is 4.25. The molecule has 0 aliphatic heterocycles. The van der Waals surface area contributed by atoms with E-state index in [1.54, 1.807) is 11.3 Å². The highest BCUT2D eigenvalue weighted by Gasteiger charge is 2.16. The molecule has 134 valence electrons. The van der Waals surface area contributed by atoms with Gasteiger partial charge in [0.15, 0.2) is 0 Å². The second-order valence-corrected chi connectivity index (χ2v) is 8.34. The van der Waals surface area contributed by atoms with Crippen molar-refractivity contribution in [3.63, 3.8) is 0 Å². The third kappa shape index (κ3) is 3.96. The Kier molecular flexibility index (Phi) is 5.02. The first-order valence-corrected chi connectivity index (χ1v) is 10.3. The molecule has 1 N–H and O–H groups in total. The first-order chi connectivity index (χ1) is 12.7. The lowest BCUT2D eigenvalue weighted by Crippen LogP contribution is -2.12. The number of hydrogen-bond acceptors (Lipinski definition) is 3. The Balaban J connectivity index is 1.40. The van der Waals surface area contributed by atoms with E-state index in [9.17, 15) is 4.79 Å². The van der Waals surface area contributed by atoms with E-state index in [4.69, 9.17) is 4.98 Å². The molecule has 1 aliphatic carbocycles. The van der Waals surface area contributed by atoms with Gasteiger partial charge in [-0.2, -0.15) is 0 Å². The number of nitrogens with zero attached hydrogens (tertiary/aromatic N) is 1. The molecular formula is C22H24N2OS.